The molecule has 0 aliphatic carbocycles. The summed E-state index contributed by atoms with van der Waals surface area (Å²) < 4.78 is 18.0. The fourth-order valence-electron chi connectivity index (χ4n) is 4.25. The van der Waals surface area contributed by atoms with Crippen molar-refractivity contribution in [3.05, 3.63) is 46.3 Å². The third kappa shape index (κ3) is 6.05. The molecule has 36 heavy (non-hydrogen) atoms. The number of aromatic nitrogens is 2. The molecule has 1 aromatic carbocycles. The molecule has 1 amide bonds. The maximum absolute atomic E-state index is 12.9. The molecule has 0 saturated carbocycles. The highest BCUT2D eigenvalue weighted by atomic mass is 16.6. The van der Waals surface area contributed by atoms with E-state index in [9.17, 15) is 14.9 Å². The van der Waals surface area contributed by atoms with Gasteiger partial charge in [-0.1, -0.05) is 26.0 Å². The van der Waals surface area contributed by atoms with Crippen molar-refractivity contribution in [2.75, 3.05) is 19.8 Å². The van der Waals surface area contributed by atoms with E-state index < -0.39 is 23.7 Å². The zero-order valence-corrected chi connectivity index (χ0v) is 22.3. The minimum atomic E-state index is -0.895. The van der Waals surface area contributed by atoms with Gasteiger partial charge in [0.1, 0.15) is 12.2 Å². The molecule has 9 nitrogen and oxygen atoms in total. The first kappa shape index (κ1) is 27.2. The summed E-state index contributed by atoms with van der Waals surface area (Å²) in [6.45, 7) is 13.8. The summed E-state index contributed by atoms with van der Waals surface area (Å²) in [5.41, 5.74) is 4.44. The molecule has 9 heteroatoms. The third-order valence-corrected chi connectivity index (χ3v) is 5.90. The second kappa shape index (κ2) is 11.1. The first-order valence-corrected chi connectivity index (χ1v) is 12.3. The van der Waals surface area contributed by atoms with Crippen LogP contribution < -0.4 is 0 Å². The number of nitriles is 1. The Hall–Kier alpha value is -3.38. The van der Waals surface area contributed by atoms with Crippen LogP contribution in [0.4, 0.5) is 4.79 Å². The number of carbonyl (C=O) groups excluding carboxylic acids is 2. The van der Waals surface area contributed by atoms with Crippen LogP contribution in [0, 0.1) is 18.3 Å². The Bertz CT molecular complexity index is 1160. The van der Waals surface area contributed by atoms with Crippen molar-refractivity contribution >= 4 is 12.1 Å². The van der Waals surface area contributed by atoms with Crippen molar-refractivity contribution in [1.29, 1.82) is 5.26 Å². The summed E-state index contributed by atoms with van der Waals surface area (Å²) in [5, 5.41) is 15.0. The van der Waals surface area contributed by atoms with Crippen LogP contribution in [0.2, 0.25) is 0 Å². The van der Waals surface area contributed by atoms with E-state index in [2.05, 4.69) is 32.0 Å². The van der Waals surface area contributed by atoms with Crippen LogP contribution in [-0.4, -0.2) is 52.1 Å². The first-order chi connectivity index (χ1) is 17.0. The van der Waals surface area contributed by atoms with E-state index in [1.807, 2.05) is 17.7 Å². The number of aryl methyl sites for hydroxylation is 1. The molecular formula is C27H36N4O5. The average molecular weight is 497 g/mol. The van der Waals surface area contributed by atoms with E-state index in [-0.39, 0.29) is 19.8 Å². The largest absolute Gasteiger partial charge is 0.464 e. The van der Waals surface area contributed by atoms with E-state index in [1.165, 1.54) is 10.5 Å². The molecule has 3 rings (SSSR count). The fraction of sp³-hybridized carbons (Fsp3) is 0.556. The van der Waals surface area contributed by atoms with Crippen molar-refractivity contribution < 1.29 is 23.8 Å². The van der Waals surface area contributed by atoms with Gasteiger partial charge >= 0.3 is 12.1 Å². The molecule has 1 aliphatic rings. The molecule has 194 valence electrons. The van der Waals surface area contributed by atoms with Crippen LogP contribution in [0.15, 0.2) is 18.2 Å². The summed E-state index contributed by atoms with van der Waals surface area (Å²) >= 11 is 0. The Kier molecular flexibility index (Phi) is 8.41. The van der Waals surface area contributed by atoms with Gasteiger partial charge in [0.25, 0.3) is 0 Å². The molecule has 2 heterocycles. The lowest BCUT2D eigenvalue weighted by molar-refractivity contribution is -0.148. The van der Waals surface area contributed by atoms with Crippen molar-refractivity contribution in [2.45, 2.75) is 79.1 Å². The van der Waals surface area contributed by atoms with Gasteiger partial charge < -0.3 is 14.2 Å². The number of amides is 1. The monoisotopic (exact) mass is 496 g/mol. The lowest BCUT2D eigenvalue weighted by Gasteiger charge is -2.34. The molecule has 1 aliphatic heterocycles. The van der Waals surface area contributed by atoms with Crippen LogP contribution in [0.1, 0.15) is 81.6 Å². The molecule has 0 fully saturated rings. The number of benzene rings is 1. The van der Waals surface area contributed by atoms with Crippen molar-refractivity contribution in [2.24, 2.45) is 0 Å². The van der Waals surface area contributed by atoms with Crippen LogP contribution in [-0.2, 0) is 32.0 Å². The normalized spacial score (nSPS) is 15.4. The van der Waals surface area contributed by atoms with Gasteiger partial charge in [0.2, 0.25) is 0 Å². The third-order valence-electron chi connectivity index (χ3n) is 5.90. The Labute approximate surface area is 212 Å². The Morgan fingerprint density at radius 3 is 2.58 bits per heavy atom. The Balaban J connectivity index is 2.04. The van der Waals surface area contributed by atoms with Gasteiger partial charge in [0, 0.05) is 18.5 Å². The molecule has 0 bridgehead atoms. The van der Waals surface area contributed by atoms with Gasteiger partial charge in [-0.15, -0.1) is 0 Å². The summed E-state index contributed by atoms with van der Waals surface area (Å²) in [7, 11) is 0. The summed E-state index contributed by atoms with van der Waals surface area (Å²) in [6, 6.07) is 7.62. The quantitative estimate of drug-likeness (QED) is 0.510. The highest BCUT2D eigenvalue weighted by molar-refractivity contribution is 5.71. The van der Waals surface area contributed by atoms with Gasteiger partial charge in [-0.2, -0.15) is 10.4 Å². The SMILES string of the molecule is CCOC(=O)COCc1nn(-c2ccc(C(C)C)cc2C)c2c1C(C#N)N(C(=O)OC(C)(C)C)CC2. The van der Waals surface area contributed by atoms with E-state index in [0.29, 0.717) is 30.1 Å². The number of ether oxygens (including phenoxy) is 3. The van der Waals surface area contributed by atoms with Crippen LogP contribution in [0.25, 0.3) is 5.69 Å². The molecule has 0 N–H and O–H groups in total. The van der Waals surface area contributed by atoms with E-state index >= 15 is 0 Å². The lowest BCUT2D eigenvalue weighted by Crippen LogP contribution is -2.43. The standard InChI is InChI=1S/C27H36N4O5/c1-8-35-24(32)16-34-15-20-25-22(11-12-30(23(25)14-28)26(33)36-27(5,6)7)31(29-20)21-10-9-19(17(2)3)13-18(21)4/h9-10,13,17,23H,8,11-12,15-16H2,1-7H3. The summed E-state index contributed by atoms with van der Waals surface area (Å²) in [6.07, 6.45) is -0.0634. The van der Waals surface area contributed by atoms with Crippen molar-refractivity contribution in [1.82, 2.24) is 14.7 Å². The summed E-state index contributed by atoms with van der Waals surface area (Å²) in [4.78, 5) is 26.2. The smallest absolute Gasteiger partial charge is 0.411 e. The van der Waals surface area contributed by atoms with Gasteiger partial charge in [-0.25, -0.2) is 14.3 Å². The number of fused-ring (bicyclic) bond motifs is 1. The molecule has 1 atom stereocenters. The minimum absolute atomic E-state index is 0.00237. The number of hydrogen-bond acceptors (Lipinski definition) is 7. The predicted octanol–water partition coefficient (Wildman–Crippen LogP) is 4.74. The van der Waals surface area contributed by atoms with Crippen LogP contribution >= 0.6 is 0 Å². The Morgan fingerprint density at radius 2 is 2.00 bits per heavy atom. The van der Waals surface area contributed by atoms with Crippen molar-refractivity contribution in [3.63, 3.8) is 0 Å². The highest BCUT2D eigenvalue weighted by Crippen LogP contribution is 2.35. The fourth-order valence-corrected chi connectivity index (χ4v) is 4.25. The number of hydrogen-bond donors (Lipinski definition) is 0. The van der Waals surface area contributed by atoms with E-state index in [4.69, 9.17) is 19.3 Å². The second-order valence-electron chi connectivity index (χ2n) is 10.2. The minimum Gasteiger partial charge on any atom is -0.464 e. The zero-order valence-electron chi connectivity index (χ0n) is 22.3. The van der Waals surface area contributed by atoms with Gasteiger partial charge in [0.15, 0.2) is 6.04 Å². The predicted molar refractivity (Wildman–Crippen MR) is 134 cm³/mol. The van der Waals surface area contributed by atoms with Gasteiger partial charge in [-0.05, 0) is 57.7 Å². The van der Waals surface area contributed by atoms with Crippen LogP contribution in [0.3, 0.4) is 0 Å². The number of nitrogens with zero attached hydrogens (tertiary/aromatic N) is 4. The number of esters is 1. The molecular weight excluding hydrogens is 460 g/mol. The maximum atomic E-state index is 12.9. The highest BCUT2D eigenvalue weighted by Gasteiger charge is 2.38. The summed E-state index contributed by atoms with van der Waals surface area (Å²) in [5.74, 6) is -0.0837. The molecule has 0 radical (unpaired) electrons. The Morgan fingerprint density at radius 1 is 1.28 bits per heavy atom. The molecule has 0 saturated heterocycles. The second-order valence-corrected chi connectivity index (χ2v) is 10.2. The van der Waals surface area contributed by atoms with Gasteiger partial charge in [0.05, 0.1) is 36.4 Å². The van der Waals surface area contributed by atoms with E-state index in [1.54, 1.807) is 27.7 Å². The zero-order chi connectivity index (χ0) is 26.6. The van der Waals surface area contributed by atoms with Crippen LogP contribution in [0.5, 0.6) is 0 Å². The van der Waals surface area contributed by atoms with E-state index in [0.717, 1.165) is 16.9 Å². The molecule has 1 unspecified atom stereocenters. The number of rotatable bonds is 7. The average Bonchev–Trinajstić information content (AvgIpc) is 3.15. The van der Waals surface area contributed by atoms with Crippen molar-refractivity contribution in [3.8, 4) is 11.8 Å². The maximum Gasteiger partial charge on any atom is 0.411 e. The molecule has 0 spiro atoms. The topological polar surface area (TPSA) is 107 Å². The first-order valence-electron chi connectivity index (χ1n) is 12.3. The molecule has 1 aromatic heterocycles. The van der Waals surface area contributed by atoms with Gasteiger partial charge in [-0.3, -0.25) is 4.90 Å². The lowest BCUT2D eigenvalue weighted by atomic mass is 9.96. The molecule has 2 aromatic rings. The number of carbonyl (C=O) groups is 2.